The zero-order valence-electron chi connectivity index (χ0n) is 14.7. The molecule has 0 spiro atoms. The molecule has 0 atom stereocenters. The lowest BCUT2D eigenvalue weighted by Gasteiger charge is -2.07. The van der Waals surface area contributed by atoms with Crippen LogP contribution >= 0.6 is 0 Å². The first-order valence-electron chi connectivity index (χ1n) is 7.83. The summed E-state index contributed by atoms with van der Waals surface area (Å²) in [4.78, 5) is 28.7. The number of aliphatic hydroxyl groups is 1. The number of rotatable bonds is 5. The minimum absolute atomic E-state index is 0.0873. The third-order valence-electron chi connectivity index (χ3n) is 3.73. The van der Waals surface area contributed by atoms with Gasteiger partial charge in [0.05, 0.1) is 18.0 Å². The Morgan fingerprint density at radius 1 is 1.32 bits per heavy atom. The summed E-state index contributed by atoms with van der Waals surface area (Å²) >= 11 is 0. The van der Waals surface area contributed by atoms with Gasteiger partial charge in [-0.05, 0) is 32.9 Å². The van der Waals surface area contributed by atoms with E-state index in [1.165, 1.54) is 11.6 Å². The number of esters is 1. The Hall–Kier alpha value is -3.09. The second-order valence-corrected chi connectivity index (χ2v) is 5.39. The maximum absolute atomic E-state index is 12.7. The third kappa shape index (κ3) is 3.71. The first-order chi connectivity index (χ1) is 11.9. The Balaban J connectivity index is 2.50. The van der Waals surface area contributed by atoms with Gasteiger partial charge in [0.25, 0.3) is 5.56 Å². The van der Waals surface area contributed by atoms with E-state index in [-0.39, 0.29) is 29.2 Å². The molecule has 0 amide bonds. The number of allylic oxidation sites excluding steroid dienone is 1. The van der Waals surface area contributed by atoms with E-state index in [1.54, 1.807) is 25.6 Å². The molecule has 0 fully saturated rings. The van der Waals surface area contributed by atoms with Crippen LogP contribution in [0, 0.1) is 6.92 Å². The van der Waals surface area contributed by atoms with E-state index in [2.05, 4.69) is 4.99 Å². The highest BCUT2D eigenvalue weighted by atomic mass is 16.5. The maximum atomic E-state index is 12.7. The highest BCUT2D eigenvalue weighted by Crippen LogP contribution is 2.17. The van der Waals surface area contributed by atoms with E-state index in [1.807, 2.05) is 30.3 Å². The van der Waals surface area contributed by atoms with E-state index in [0.717, 1.165) is 6.21 Å². The van der Waals surface area contributed by atoms with Crippen LogP contribution in [0.1, 0.15) is 19.5 Å². The second-order valence-electron chi connectivity index (χ2n) is 5.39. The number of carbonyl (C=O) groups is 1. The van der Waals surface area contributed by atoms with Gasteiger partial charge in [0.1, 0.15) is 11.3 Å². The number of ether oxygens (including phenoxy) is 1. The van der Waals surface area contributed by atoms with E-state index in [0.29, 0.717) is 11.4 Å². The highest BCUT2D eigenvalue weighted by Gasteiger charge is 2.17. The number of carbonyl (C=O) groups excluding carboxylic acids is 1. The number of hydrogen-bond donors (Lipinski definition) is 1. The Kier molecular flexibility index (Phi) is 5.59. The molecule has 1 aromatic heterocycles. The zero-order valence-corrected chi connectivity index (χ0v) is 14.7. The first kappa shape index (κ1) is 18.3. The first-order valence-corrected chi connectivity index (χ1v) is 7.83. The molecule has 1 aromatic carbocycles. The van der Waals surface area contributed by atoms with Gasteiger partial charge in [0.15, 0.2) is 5.69 Å². The lowest BCUT2D eigenvalue weighted by Crippen LogP contribution is -2.19. The van der Waals surface area contributed by atoms with Crippen LogP contribution in [-0.2, 0) is 16.6 Å². The average Bonchev–Trinajstić information content (AvgIpc) is 2.79. The standard InChI is InChI=1S/C18H21N3O4/c1-5-25-18(24)15(13(3)22)11-19-16-12(2)20(4)21(17(16)23)14-9-7-6-8-10-14/h6-11,22H,5H2,1-4H3/b15-13-,19-11?. The SMILES string of the molecule is CCOC(=O)/C(C=Nc1c(C)n(C)n(-c2ccccc2)c1=O)=C(/C)O. The molecular formula is C18H21N3O4. The number of benzene rings is 1. The molecule has 0 bridgehead atoms. The molecule has 0 saturated carbocycles. The van der Waals surface area contributed by atoms with Crippen LogP contribution in [-0.4, -0.2) is 33.3 Å². The fraction of sp³-hybridized carbons (Fsp3) is 0.278. The fourth-order valence-corrected chi connectivity index (χ4v) is 2.33. The summed E-state index contributed by atoms with van der Waals surface area (Å²) in [6.45, 7) is 4.96. The van der Waals surface area contributed by atoms with Gasteiger partial charge in [0.2, 0.25) is 0 Å². The van der Waals surface area contributed by atoms with Gasteiger partial charge in [-0.3, -0.25) is 9.48 Å². The van der Waals surface area contributed by atoms with Gasteiger partial charge >= 0.3 is 5.97 Å². The maximum Gasteiger partial charge on any atom is 0.343 e. The van der Waals surface area contributed by atoms with Crippen molar-refractivity contribution in [2.75, 3.05) is 6.61 Å². The molecule has 1 N–H and O–H groups in total. The highest BCUT2D eigenvalue weighted by molar-refractivity contribution is 6.10. The number of aliphatic hydroxyl groups excluding tert-OH is 1. The van der Waals surface area contributed by atoms with Crippen molar-refractivity contribution in [1.82, 2.24) is 9.36 Å². The lowest BCUT2D eigenvalue weighted by molar-refractivity contribution is -0.138. The normalized spacial score (nSPS) is 12.3. The zero-order chi connectivity index (χ0) is 18.6. The molecule has 2 aromatic rings. The number of para-hydroxylation sites is 1. The minimum Gasteiger partial charge on any atom is -0.512 e. The predicted octanol–water partition coefficient (Wildman–Crippen LogP) is 2.58. The number of aromatic nitrogens is 2. The van der Waals surface area contributed by atoms with Crippen molar-refractivity contribution in [2.45, 2.75) is 20.8 Å². The molecule has 25 heavy (non-hydrogen) atoms. The van der Waals surface area contributed by atoms with Crippen molar-refractivity contribution < 1.29 is 14.6 Å². The fourth-order valence-electron chi connectivity index (χ4n) is 2.33. The number of hydrogen-bond acceptors (Lipinski definition) is 5. The van der Waals surface area contributed by atoms with E-state index in [9.17, 15) is 14.7 Å². The molecule has 0 radical (unpaired) electrons. The summed E-state index contributed by atoms with van der Waals surface area (Å²) in [5.41, 5.74) is 1.12. The minimum atomic E-state index is -0.691. The van der Waals surface area contributed by atoms with E-state index >= 15 is 0 Å². The van der Waals surface area contributed by atoms with Crippen LogP contribution in [0.3, 0.4) is 0 Å². The summed E-state index contributed by atoms with van der Waals surface area (Å²) in [7, 11) is 1.75. The van der Waals surface area contributed by atoms with Crippen molar-refractivity contribution >= 4 is 17.9 Å². The van der Waals surface area contributed by atoms with Gasteiger partial charge < -0.3 is 9.84 Å². The van der Waals surface area contributed by atoms with Gasteiger partial charge in [0, 0.05) is 13.3 Å². The Morgan fingerprint density at radius 2 is 1.96 bits per heavy atom. The van der Waals surface area contributed by atoms with Crippen LogP contribution in [0.4, 0.5) is 5.69 Å². The second kappa shape index (κ2) is 7.65. The molecule has 0 saturated heterocycles. The van der Waals surface area contributed by atoms with E-state index < -0.39 is 5.97 Å². The number of aliphatic imine (C=N–C) groups is 1. The summed E-state index contributed by atoms with van der Waals surface area (Å²) in [5, 5.41) is 9.66. The van der Waals surface area contributed by atoms with Crippen LogP contribution in [0.2, 0.25) is 0 Å². The lowest BCUT2D eigenvalue weighted by atomic mass is 10.2. The molecule has 0 aliphatic heterocycles. The molecule has 0 aliphatic rings. The van der Waals surface area contributed by atoms with Crippen molar-refractivity contribution in [3.8, 4) is 5.69 Å². The number of nitrogens with zero attached hydrogens (tertiary/aromatic N) is 3. The van der Waals surface area contributed by atoms with Crippen molar-refractivity contribution in [3.63, 3.8) is 0 Å². The summed E-state index contributed by atoms with van der Waals surface area (Å²) in [5.74, 6) is -0.914. The monoisotopic (exact) mass is 343 g/mol. The molecule has 7 nitrogen and oxygen atoms in total. The quantitative estimate of drug-likeness (QED) is 0.391. The molecular weight excluding hydrogens is 322 g/mol. The van der Waals surface area contributed by atoms with E-state index in [4.69, 9.17) is 4.74 Å². The largest absolute Gasteiger partial charge is 0.512 e. The average molecular weight is 343 g/mol. The topological polar surface area (TPSA) is 85.8 Å². The molecule has 7 heteroatoms. The third-order valence-corrected chi connectivity index (χ3v) is 3.73. The summed E-state index contributed by atoms with van der Waals surface area (Å²) in [6.07, 6.45) is 1.16. The summed E-state index contributed by atoms with van der Waals surface area (Å²) in [6, 6.07) is 9.17. The van der Waals surface area contributed by atoms with Crippen LogP contribution in [0.25, 0.3) is 5.69 Å². The Bertz CT molecular complexity index is 885. The van der Waals surface area contributed by atoms with Crippen LogP contribution < -0.4 is 5.56 Å². The van der Waals surface area contributed by atoms with Crippen molar-refractivity contribution in [3.05, 3.63) is 57.7 Å². The van der Waals surface area contributed by atoms with Gasteiger partial charge in [-0.25, -0.2) is 14.5 Å². The Labute approximate surface area is 145 Å². The summed E-state index contributed by atoms with van der Waals surface area (Å²) < 4.78 is 8.05. The van der Waals surface area contributed by atoms with Gasteiger partial charge in [-0.1, -0.05) is 18.2 Å². The van der Waals surface area contributed by atoms with Crippen LogP contribution in [0.15, 0.2) is 51.5 Å². The Morgan fingerprint density at radius 3 is 2.52 bits per heavy atom. The molecule has 1 heterocycles. The molecule has 132 valence electrons. The molecule has 0 unspecified atom stereocenters. The predicted molar refractivity (Wildman–Crippen MR) is 95.9 cm³/mol. The molecule has 2 rings (SSSR count). The van der Waals surface area contributed by atoms with Crippen molar-refractivity contribution in [1.29, 1.82) is 0 Å². The molecule has 0 aliphatic carbocycles. The van der Waals surface area contributed by atoms with Gasteiger partial charge in [-0.2, -0.15) is 0 Å². The van der Waals surface area contributed by atoms with Crippen molar-refractivity contribution in [2.24, 2.45) is 12.0 Å². The van der Waals surface area contributed by atoms with Gasteiger partial charge in [-0.15, -0.1) is 0 Å². The van der Waals surface area contributed by atoms with Crippen LogP contribution in [0.5, 0.6) is 0 Å². The smallest absolute Gasteiger partial charge is 0.343 e.